The first-order valence-corrected chi connectivity index (χ1v) is 6.41. The predicted octanol–water partition coefficient (Wildman–Crippen LogP) is 3.15. The Bertz CT molecular complexity index is 337. The molecule has 17 heavy (non-hydrogen) atoms. The molecule has 0 bridgehead atoms. The first kappa shape index (κ1) is 14.0. The minimum absolute atomic E-state index is 0.124. The van der Waals surface area contributed by atoms with E-state index in [0.29, 0.717) is 0 Å². The maximum Gasteiger partial charge on any atom is 0.127 e. The van der Waals surface area contributed by atoms with E-state index in [9.17, 15) is 0 Å². The maximum absolute atomic E-state index is 6.03. The van der Waals surface area contributed by atoms with Crippen LogP contribution in [0, 0.1) is 0 Å². The van der Waals surface area contributed by atoms with E-state index in [1.54, 1.807) is 6.20 Å². The second-order valence-corrected chi connectivity index (χ2v) is 4.88. The van der Waals surface area contributed by atoms with Gasteiger partial charge in [-0.2, -0.15) is 0 Å². The molecule has 0 fully saturated rings. The van der Waals surface area contributed by atoms with E-state index in [1.165, 1.54) is 0 Å². The molecule has 0 aliphatic heterocycles. The Hall–Kier alpha value is -1.09. The van der Waals surface area contributed by atoms with Crippen LogP contribution in [0.3, 0.4) is 0 Å². The summed E-state index contributed by atoms with van der Waals surface area (Å²) >= 11 is 0. The van der Waals surface area contributed by atoms with Gasteiger partial charge in [-0.3, -0.25) is 4.98 Å². The van der Waals surface area contributed by atoms with Gasteiger partial charge < -0.3 is 10.1 Å². The fourth-order valence-electron chi connectivity index (χ4n) is 1.42. The quantitative estimate of drug-likeness (QED) is 0.738. The fraction of sp³-hybridized carbons (Fsp3) is 0.643. The molecule has 1 heterocycles. The van der Waals surface area contributed by atoms with Crippen LogP contribution in [0.5, 0.6) is 5.75 Å². The topological polar surface area (TPSA) is 34.2 Å². The van der Waals surface area contributed by atoms with Gasteiger partial charge in [0.25, 0.3) is 0 Å². The van der Waals surface area contributed by atoms with Gasteiger partial charge in [-0.1, -0.05) is 13.8 Å². The molecule has 0 saturated carbocycles. The zero-order chi connectivity index (χ0) is 12.7. The average molecular weight is 236 g/mol. The molecule has 0 aliphatic carbocycles. The summed E-state index contributed by atoms with van der Waals surface area (Å²) in [5, 5.41) is 3.38. The minimum Gasteiger partial charge on any atom is -0.487 e. The first-order valence-electron chi connectivity index (χ1n) is 6.41. The maximum atomic E-state index is 6.03. The number of aromatic nitrogens is 1. The summed E-state index contributed by atoms with van der Waals surface area (Å²) in [6.07, 6.45) is 5.78. The first-order chi connectivity index (χ1) is 8.09. The van der Waals surface area contributed by atoms with Gasteiger partial charge >= 0.3 is 0 Å². The van der Waals surface area contributed by atoms with Gasteiger partial charge in [-0.25, -0.2) is 0 Å². The van der Waals surface area contributed by atoms with Gasteiger partial charge in [0.2, 0.25) is 0 Å². The molecule has 0 saturated heterocycles. The second-order valence-electron chi connectivity index (χ2n) is 4.88. The number of nitrogens with one attached hydrogen (secondary N) is 1. The third-order valence-electron chi connectivity index (χ3n) is 2.84. The summed E-state index contributed by atoms with van der Waals surface area (Å²) in [4.78, 5) is 4.16. The summed E-state index contributed by atoms with van der Waals surface area (Å²) in [5.41, 5.74) is 1.00. The van der Waals surface area contributed by atoms with Crippen molar-refractivity contribution in [3.05, 3.63) is 24.0 Å². The van der Waals surface area contributed by atoms with Crippen molar-refractivity contribution >= 4 is 0 Å². The monoisotopic (exact) mass is 236 g/mol. The van der Waals surface area contributed by atoms with Crippen molar-refractivity contribution < 1.29 is 4.74 Å². The highest BCUT2D eigenvalue weighted by atomic mass is 16.5. The molecule has 3 nitrogen and oxygen atoms in total. The number of hydrogen-bond acceptors (Lipinski definition) is 3. The molecule has 1 rings (SSSR count). The molecular formula is C14H24N2O. The highest BCUT2D eigenvalue weighted by Crippen LogP contribution is 2.23. The Morgan fingerprint density at radius 3 is 2.76 bits per heavy atom. The van der Waals surface area contributed by atoms with Gasteiger partial charge in [-0.05, 0) is 39.3 Å². The van der Waals surface area contributed by atoms with Gasteiger partial charge in [-0.15, -0.1) is 0 Å². The average Bonchev–Trinajstić information content (AvgIpc) is 2.31. The van der Waals surface area contributed by atoms with E-state index in [4.69, 9.17) is 4.74 Å². The van der Waals surface area contributed by atoms with Crippen LogP contribution in [0.2, 0.25) is 0 Å². The standard InChI is InChI=1S/C14H24N2O/c1-5-8-15-10-12-11-16-9-7-13(12)17-14(3,4)6-2/h7,9,11,15H,5-6,8,10H2,1-4H3. The van der Waals surface area contributed by atoms with E-state index in [2.05, 4.69) is 38.0 Å². The van der Waals surface area contributed by atoms with Gasteiger partial charge in [0.15, 0.2) is 0 Å². The third kappa shape index (κ3) is 4.73. The van der Waals surface area contributed by atoms with Crippen LogP contribution in [0.25, 0.3) is 0 Å². The van der Waals surface area contributed by atoms with Crippen LogP contribution in [0.1, 0.15) is 46.1 Å². The number of rotatable bonds is 7. The Balaban J connectivity index is 2.70. The normalized spacial score (nSPS) is 11.5. The summed E-state index contributed by atoms with van der Waals surface area (Å²) in [6.45, 7) is 10.3. The van der Waals surface area contributed by atoms with E-state index in [0.717, 1.165) is 37.2 Å². The van der Waals surface area contributed by atoms with E-state index >= 15 is 0 Å². The second kappa shape index (κ2) is 6.60. The highest BCUT2D eigenvalue weighted by molar-refractivity contribution is 5.30. The lowest BCUT2D eigenvalue weighted by atomic mass is 10.1. The molecule has 1 N–H and O–H groups in total. The number of ether oxygens (including phenoxy) is 1. The van der Waals surface area contributed by atoms with Crippen molar-refractivity contribution in [2.24, 2.45) is 0 Å². The van der Waals surface area contributed by atoms with Crippen LogP contribution in [-0.2, 0) is 6.54 Å². The molecule has 1 aromatic heterocycles. The molecular weight excluding hydrogens is 212 g/mol. The van der Waals surface area contributed by atoms with Crippen molar-refractivity contribution in [3.8, 4) is 5.75 Å². The van der Waals surface area contributed by atoms with Crippen molar-refractivity contribution in [1.82, 2.24) is 10.3 Å². The Labute approximate surface area is 105 Å². The molecule has 0 radical (unpaired) electrons. The molecule has 96 valence electrons. The minimum atomic E-state index is -0.124. The van der Waals surface area contributed by atoms with Crippen LogP contribution in [0.4, 0.5) is 0 Å². The highest BCUT2D eigenvalue weighted by Gasteiger charge is 2.18. The fourth-order valence-corrected chi connectivity index (χ4v) is 1.42. The summed E-state index contributed by atoms with van der Waals surface area (Å²) in [6, 6.07) is 1.94. The van der Waals surface area contributed by atoms with Crippen molar-refractivity contribution in [2.75, 3.05) is 6.54 Å². The van der Waals surface area contributed by atoms with Crippen molar-refractivity contribution in [1.29, 1.82) is 0 Å². The Kier molecular flexibility index (Phi) is 5.42. The molecule has 3 heteroatoms. The van der Waals surface area contributed by atoms with Crippen molar-refractivity contribution in [2.45, 2.75) is 52.7 Å². The lowest BCUT2D eigenvalue weighted by molar-refractivity contribution is 0.103. The van der Waals surface area contributed by atoms with Gasteiger partial charge in [0, 0.05) is 24.5 Å². The van der Waals surface area contributed by atoms with E-state index in [1.807, 2.05) is 12.3 Å². The summed E-state index contributed by atoms with van der Waals surface area (Å²) in [7, 11) is 0. The molecule has 1 aromatic rings. The zero-order valence-corrected chi connectivity index (χ0v) is 11.4. The van der Waals surface area contributed by atoms with Crippen LogP contribution < -0.4 is 10.1 Å². The van der Waals surface area contributed by atoms with Crippen LogP contribution in [0.15, 0.2) is 18.5 Å². The predicted molar refractivity (Wildman–Crippen MR) is 71.2 cm³/mol. The molecule has 0 unspecified atom stereocenters. The van der Waals surface area contributed by atoms with Crippen LogP contribution in [-0.4, -0.2) is 17.1 Å². The zero-order valence-electron chi connectivity index (χ0n) is 11.4. The number of hydrogen-bond donors (Lipinski definition) is 1. The van der Waals surface area contributed by atoms with Gasteiger partial charge in [0.05, 0.1) is 0 Å². The molecule has 0 atom stereocenters. The lowest BCUT2D eigenvalue weighted by Gasteiger charge is -2.26. The number of pyridine rings is 1. The van der Waals surface area contributed by atoms with Crippen molar-refractivity contribution in [3.63, 3.8) is 0 Å². The smallest absolute Gasteiger partial charge is 0.127 e. The Morgan fingerprint density at radius 1 is 1.35 bits per heavy atom. The van der Waals surface area contributed by atoms with E-state index in [-0.39, 0.29) is 5.60 Å². The summed E-state index contributed by atoms with van der Waals surface area (Å²) in [5.74, 6) is 0.940. The van der Waals surface area contributed by atoms with E-state index < -0.39 is 0 Å². The SMILES string of the molecule is CCCNCc1cnccc1OC(C)(C)CC. The molecule has 0 spiro atoms. The largest absolute Gasteiger partial charge is 0.487 e. The molecule has 0 amide bonds. The lowest BCUT2D eigenvalue weighted by Crippen LogP contribution is -2.28. The summed E-state index contributed by atoms with van der Waals surface area (Å²) < 4.78 is 6.03. The third-order valence-corrected chi connectivity index (χ3v) is 2.84. The van der Waals surface area contributed by atoms with Gasteiger partial charge in [0.1, 0.15) is 11.4 Å². The number of nitrogens with zero attached hydrogens (tertiary/aromatic N) is 1. The molecule has 0 aromatic carbocycles. The molecule has 0 aliphatic rings. The van der Waals surface area contributed by atoms with Crippen LogP contribution >= 0.6 is 0 Å². The Morgan fingerprint density at radius 2 is 2.12 bits per heavy atom.